The highest BCUT2D eigenvalue weighted by atomic mass is 32.2. The van der Waals surface area contributed by atoms with Crippen LogP contribution in [0, 0.1) is 0 Å². The van der Waals surface area contributed by atoms with Crippen LogP contribution in [0.3, 0.4) is 0 Å². The minimum absolute atomic E-state index is 0.120. The molecule has 0 unspecified atom stereocenters. The first-order chi connectivity index (χ1) is 9.62. The molecule has 0 aromatic rings. The van der Waals surface area contributed by atoms with Gasteiger partial charge in [-0.1, -0.05) is 50.9 Å². The van der Waals surface area contributed by atoms with Gasteiger partial charge in [-0.25, -0.2) is 0 Å². The quantitative estimate of drug-likeness (QED) is 0.343. The molecule has 0 aliphatic heterocycles. The van der Waals surface area contributed by atoms with Crippen LogP contribution in [0.4, 0.5) is 0 Å². The number of hydrogen-bond acceptors (Lipinski definition) is 2. The van der Waals surface area contributed by atoms with E-state index in [2.05, 4.69) is 46.8 Å². The zero-order valence-corrected chi connectivity index (χ0v) is 18.6. The molecule has 4 nitrogen and oxygen atoms in total. The largest absolute Gasteiger partial charge is 0.328 e. The van der Waals surface area contributed by atoms with Crippen molar-refractivity contribution in [3.8, 4) is 0 Å². The Bertz CT molecular complexity index is 429. The Morgan fingerprint density at radius 2 is 1.36 bits per heavy atom. The molecule has 0 saturated carbocycles. The average Bonchev–Trinajstić information content (AvgIpc) is 2.22. The lowest BCUT2D eigenvalue weighted by molar-refractivity contribution is -0.890. The van der Waals surface area contributed by atoms with E-state index in [9.17, 15) is 8.42 Å². The first-order valence-electron chi connectivity index (χ1n) is 8.39. The van der Waals surface area contributed by atoms with Crippen LogP contribution in [0.5, 0.6) is 0 Å². The van der Waals surface area contributed by atoms with Crippen molar-refractivity contribution in [3.63, 3.8) is 0 Å². The lowest BCUT2D eigenvalue weighted by atomic mass is 10.3. The average molecular weight is 369 g/mol. The van der Waals surface area contributed by atoms with Crippen LogP contribution in [0.2, 0.25) is 50.9 Å². The van der Waals surface area contributed by atoms with Gasteiger partial charge in [0.25, 0.3) is 10.1 Å². The van der Waals surface area contributed by atoms with Gasteiger partial charge < -0.3 is 4.48 Å². The Morgan fingerprint density at radius 3 is 1.82 bits per heavy atom. The summed E-state index contributed by atoms with van der Waals surface area (Å²) in [6, 6.07) is 4.25. The summed E-state index contributed by atoms with van der Waals surface area (Å²) in [7, 11) is -1.52. The molecule has 1 N–H and O–H groups in total. The van der Waals surface area contributed by atoms with Gasteiger partial charge in [0.05, 0.1) is 32.9 Å². The van der Waals surface area contributed by atoms with E-state index in [0.29, 0.717) is 6.42 Å². The topological polar surface area (TPSA) is 54.4 Å². The molecule has 0 fully saturated rings. The SMILES string of the molecule is C[N+](C)(CCC[Si](C)(C)CC[Si](C)(C)C)CCCS(=O)(=O)O. The third kappa shape index (κ3) is 13.9. The number of quaternary nitrogens is 1. The van der Waals surface area contributed by atoms with Crippen LogP contribution in [-0.4, -0.2) is 66.5 Å². The summed E-state index contributed by atoms with van der Waals surface area (Å²) >= 11 is 0. The zero-order chi connectivity index (χ0) is 17.7. The van der Waals surface area contributed by atoms with E-state index in [0.717, 1.165) is 17.6 Å². The highest BCUT2D eigenvalue weighted by molar-refractivity contribution is 7.85. The fraction of sp³-hybridized carbons (Fsp3) is 1.00. The van der Waals surface area contributed by atoms with Crippen LogP contribution in [0.1, 0.15) is 12.8 Å². The van der Waals surface area contributed by atoms with E-state index in [4.69, 9.17) is 4.55 Å². The Labute approximate surface area is 140 Å². The molecule has 134 valence electrons. The third-order valence-electron chi connectivity index (χ3n) is 4.33. The Balaban J connectivity index is 4.10. The fourth-order valence-electron chi connectivity index (χ4n) is 2.61. The Hall–Kier alpha value is 0.304. The summed E-state index contributed by atoms with van der Waals surface area (Å²) in [6.45, 7) is 14.3. The molecule has 7 heteroatoms. The molecule has 0 spiro atoms. The molecule has 0 amide bonds. The van der Waals surface area contributed by atoms with Crippen molar-refractivity contribution >= 4 is 26.3 Å². The fourth-order valence-corrected chi connectivity index (χ4v) is 10.2. The number of nitrogens with zero attached hydrogens (tertiary/aromatic N) is 1. The van der Waals surface area contributed by atoms with Crippen LogP contribution in [0.25, 0.3) is 0 Å². The van der Waals surface area contributed by atoms with Crippen molar-refractivity contribution in [1.82, 2.24) is 0 Å². The van der Waals surface area contributed by atoms with Gasteiger partial charge in [0, 0.05) is 22.6 Å². The summed E-state index contributed by atoms with van der Waals surface area (Å²) in [4.78, 5) is 0. The van der Waals surface area contributed by atoms with E-state index in [1.807, 2.05) is 0 Å². The lowest BCUT2D eigenvalue weighted by Gasteiger charge is -2.32. The van der Waals surface area contributed by atoms with Gasteiger partial charge in [-0.15, -0.1) is 0 Å². The molecule has 0 aromatic carbocycles. The number of hydrogen-bond donors (Lipinski definition) is 1. The molecular weight excluding hydrogens is 330 g/mol. The monoisotopic (exact) mass is 368 g/mol. The predicted molar refractivity (Wildman–Crippen MR) is 103 cm³/mol. The molecule has 0 aliphatic rings. The maximum atomic E-state index is 10.8. The standard InChI is InChI=1S/C15H37NO3SSi2/c1-16(2,10-8-12-20(17,18)19)11-9-13-22(6,7)15-14-21(3,4)5/h8-15H2,1-7H3/p+1. The summed E-state index contributed by atoms with van der Waals surface area (Å²) in [6.07, 6.45) is 1.76. The van der Waals surface area contributed by atoms with E-state index >= 15 is 0 Å². The van der Waals surface area contributed by atoms with Gasteiger partial charge in [-0.2, -0.15) is 8.42 Å². The van der Waals surface area contributed by atoms with Crippen molar-refractivity contribution in [3.05, 3.63) is 0 Å². The summed E-state index contributed by atoms with van der Waals surface area (Å²) < 4.78 is 31.2. The second-order valence-corrected chi connectivity index (χ2v) is 21.9. The molecule has 0 heterocycles. The van der Waals surface area contributed by atoms with Gasteiger partial charge in [-0.05, 0) is 6.42 Å². The zero-order valence-electron chi connectivity index (χ0n) is 15.8. The normalized spacial score (nSPS) is 14.4. The smallest absolute Gasteiger partial charge is 0.265 e. The molecule has 0 atom stereocenters. The highest BCUT2D eigenvalue weighted by Gasteiger charge is 2.25. The summed E-state index contributed by atoms with van der Waals surface area (Å²) in [5, 5.41) is 0. The molecule has 0 radical (unpaired) electrons. The molecule has 22 heavy (non-hydrogen) atoms. The van der Waals surface area contributed by atoms with Crippen LogP contribution < -0.4 is 0 Å². The van der Waals surface area contributed by atoms with Gasteiger partial charge in [0.1, 0.15) is 0 Å². The molecule has 0 aromatic heterocycles. The number of rotatable bonds is 11. The van der Waals surface area contributed by atoms with E-state index < -0.39 is 26.3 Å². The third-order valence-corrected chi connectivity index (χ3v) is 10.7. The Kier molecular flexibility index (Phi) is 8.53. The Morgan fingerprint density at radius 1 is 0.864 bits per heavy atom. The minimum Gasteiger partial charge on any atom is -0.328 e. The van der Waals surface area contributed by atoms with E-state index in [1.54, 1.807) is 0 Å². The van der Waals surface area contributed by atoms with Crippen LogP contribution in [-0.2, 0) is 10.1 Å². The summed E-state index contributed by atoms with van der Waals surface area (Å²) in [5.41, 5.74) is 0. The van der Waals surface area contributed by atoms with Crippen LogP contribution >= 0.6 is 0 Å². The van der Waals surface area contributed by atoms with Gasteiger partial charge in [0.2, 0.25) is 0 Å². The van der Waals surface area contributed by atoms with Crippen molar-refractivity contribution < 1.29 is 17.5 Å². The van der Waals surface area contributed by atoms with Crippen molar-refractivity contribution in [2.24, 2.45) is 0 Å². The predicted octanol–water partition coefficient (Wildman–Crippen LogP) is 3.78. The maximum absolute atomic E-state index is 10.8. The van der Waals surface area contributed by atoms with Crippen molar-refractivity contribution in [2.45, 2.75) is 63.7 Å². The van der Waals surface area contributed by atoms with Gasteiger partial charge in [0.15, 0.2) is 0 Å². The molecule has 0 rings (SSSR count). The molecular formula is C15H38NO3SSi2+. The molecule has 0 aliphatic carbocycles. The lowest BCUT2D eigenvalue weighted by Crippen LogP contribution is -2.42. The molecule has 0 bridgehead atoms. The second-order valence-electron chi connectivity index (χ2n) is 9.35. The maximum Gasteiger partial charge on any atom is 0.265 e. The highest BCUT2D eigenvalue weighted by Crippen LogP contribution is 2.24. The molecule has 0 saturated heterocycles. The van der Waals surface area contributed by atoms with Gasteiger partial charge in [-0.3, -0.25) is 4.55 Å². The first kappa shape index (κ1) is 22.3. The van der Waals surface area contributed by atoms with Crippen molar-refractivity contribution in [2.75, 3.05) is 32.9 Å². The van der Waals surface area contributed by atoms with E-state index in [1.165, 1.54) is 24.6 Å². The second kappa shape index (κ2) is 8.42. The first-order valence-corrected chi connectivity index (χ1v) is 17.1. The van der Waals surface area contributed by atoms with Crippen molar-refractivity contribution in [1.29, 1.82) is 0 Å². The van der Waals surface area contributed by atoms with E-state index in [-0.39, 0.29) is 5.75 Å². The minimum atomic E-state index is -3.81. The van der Waals surface area contributed by atoms with Crippen LogP contribution in [0.15, 0.2) is 0 Å². The van der Waals surface area contributed by atoms with Gasteiger partial charge >= 0.3 is 0 Å². The summed E-state index contributed by atoms with van der Waals surface area (Å²) in [5.74, 6) is -0.120.